The number of carbonyl (C=O) groups excluding carboxylic acids is 1. The van der Waals surface area contributed by atoms with Crippen molar-refractivity contribution in [1.29, 1.82) is 0 Å². The number of hydrogen-bond donors (Lipinski definition) is 2. The Morgan fingerprint density at radius 3 is 2.86 bits per heavy atom. The van der Waals surface area contributed by atoms with Gasteiger partial charge in [-0.1, -0.05) is 31.0 Å². The molecular weight excluding hydrogens is 262 g/mol. The van der Waals surface area contributed by atoms with Gasteiger partial charge in [0.25, 0.3) is 5.91 Å². The van der Waals surface area contributed by atoms with Crippen LogP contribution in [-0.2, 0) is 4.79 Å². The molecular formula is C17H17N3O. The van der Waals surface area contributed by atoms with Crippen molar-refractivity contribution in [3.8, 4) is 0 Å². The SMILES string of the molecule is O=C1NN=C(C2CCCC2)C1=Cc1c[nH]c2ccccc12. The minimum absolute atomic E-state index is 0.0813. The first-order valence-corrected chi connectivity index (χ1v) is 7.49. The fraction of sp³-hybridized carbons (Fsp3) is 0.294. The molecule has 1 saturated carbocycles. The van der Waals surface area contributed by atoms with Gasteiger partial charge < -0.3 is 4.98 Å². The van der Waals surface area contributed by atoms with E-state index < -0.39 is 0 Å². The van der Waals surface area contributed by atoms with E-state index in [-0.39, 0.29) is 5.91 Å². The van der Waals surface area contributed by atoms with Gasteiger partial charge in [-0.3, -0.25) is 4.79 Å². The Kier molecular flexibility index (Phi) is 2.88. The molecule has 0 bridgehead atoms. The number of nitrogens with one attached hydrogen (secondary N) is 2. The van der Waals surface area contributed by atoms with Gasteiger partial charge in [0.05, 0.1) is 11.3 Å². The van der Waals surface area contributed by atoms with Crippen LogP contribution in [0.4, 0.5) is 0 Å². The second-order valence-electron chi connectivity index (χ2n) is 5.77. The van der Waals surface area contributed by atoms with E-state index in [1.54, 1.807) is 0 Å². The van der Waals surface area contributed by atoms with Gasteiger partial charge in [-0.25, -0.2) is 5.43 Å². The lowest BCUT2D eigenvalue weighted by Crippen LogP contribution is -2.16. The van der Waals surface area contributed by atoms with Gasteiger partial charge in [0, 0.05) is 28.6 Å². The van der Waals surface area contributed by atoms with Gasteiger partial charge in [-0.2, -0.15) is 5.10 Å². The number of rotatable bonds is 2. The smallest absolute Gasteiger partial charge is 0.273 e. The Morgan fingerprint density at radius 1 is 1.19 bits per heavy atom. The van der Waals surface area contributed by atoms with Crippen LogP contribution < -0.4 is 5.43 Å². The van der Waals surface area contributed by atoms with E-state index in [1.807, 2.05) is 30.5 Å². The zero-order valence-corrected chi connectivity index (χ0v) is 11.7. The van der Waals surface area contributed by atoms with Crippen LogP contribution in [0, 0.1) is 5.92 Å². The Hall–Kier alpha value is -2.36. The Bertz CT molecular complexity index is 763. The minimum Gasteiger partial charge on any atom is -0.361 e. The minimum atomic E-state index is -0.0813. The van der Waals surface area contributed by atoms with Crippen LogP contribution in [0.2, 0.25) is 0 Å². The van der Waals surface area contributed by atoms with Crippen LogP contribution in [-0.4, -0.2) is 16.6 Å². The lowest BCUT2D eigenvalue weighted by atomic mass is 9.94. The Balaban J connectivity index is 1.76. The summed E-state index contributed by atoms with van der Waals surface area (Å²) in [5, 5.41) is 5.41. The third-order valence-electron chi connectivity index (χ3n) is 4.46. The molecule has 1 aliphatic carbocycles. The van der Waals surface area contributed by atoms with Crippen molar-refractivity contribution in [3.05, 3.63) is 41.6 Å². The number of fused-ring (bicyclic) bond motifs is 1. The maximum Gasteiger partial charge on any atom is 0.273 e. The van der Waals surface area contributed by atoms with Crippen LogP contribution in [0.15, 0.2) is 41.1 Å². The number of para-hydroxylation sites is 1. The topological polar surface area (TPSA) is 57.2 Å². The standard InChI is InChI=1S/C17H17N3O/c21-17-14(16(19-20-17)11-5-1-2-6-11)9-12-10-18-15-8-4-3-7-13(12)15/h3-4,7-11,18H,1-2,5-6H2,(H,20,21). The molecule has 0 radical (unpaired) electrons. The van der Waals surface area contributed by atoms with Crippen molar-refractivity contribution in [2.24, 2.45) is 11.0 Å². The Morgan fingerprint density at radius 2 is 2.00 bits per heavy atom. The Labute approximate surface area is 122 Å². The van der Waals surface area contributed by atoms with Crippen LogP contribution in [0.25, 0.3) is 17.0 Å². The summed E-state index contributed by atoms with van der Waals surface area (Å²) in [5.41, 5.74) is 6.43. The number of nitrogens with zero attached hydrogens (tertiary/aromatic N) is 1. The lowest BCUT2D eigenvalue weighted by molar-refractivity contribution is -0.116. The van der Waals surface area contributed by atoms with E-state index in [2.05, 4.69) is 21.6 Å². The molecule has 4 rings (SSSR count). The van der Waals surface area contributed by atoms with Gasteiger partial charge >= 0.3 is 0 Å². The first kappa shape index (κ1) is 12.4. The number of carbonyl (C=O) groups is 1. The van der Waals surface area contributed by atoms with Crippen LogP contribution in [0.5, 0.6) is 0 Å². The molecule has 2 aliphatic rings. The summed E-state index contributed by atoms with van der Waals surface area (Å²) in [4.78, 5) is 15.3. The molecule has 1 fully saturated rings. The number of benzene rings is 1. The monoisotopic (exact) mass is 279 g/mol. The normalized spacial score (nSPS) is 21.2. The molecule has 21 heavy (non-hydrogen) atoms. The van der Waals surface area contributed by atoms with E-state index in [9.17, 15) is 4.79 Å². The van der Waals surface area contributed by atoms with Crippen molar-refractivity contribution in [2.45, 2.75) is 25.7 Å². The molecule has 2 heterocycles. The molecule has 0 atom stereocenters. The van der Waals surface area contributed by atoms with Crippen molar-refractivity contribution in [2.75, 3.05) is 0 Å². The molecule has 4 nitrogen and oxygen atoms in total. The zero-order valence-electron chi connectivity index (χ0n) is 11.7. The van der Waals surface area contributed by atoms with Crippen LogP contribution in [0.3, 0.4) is 0 Å². The van der Waals surface area contributed by atoms with Gasteiger partial charge in [0.15, 0.2) is 0 Å². The summed E-state index contributed by atoms with van der Waals surface area (Å²) < 4.78 is 0. The highest BCUT2D eigenvalue weighted by atomic mass is 16.2. The number of hydrazone groups is 1. The third-order valence-corrected chi connectivity index (χ3v) is 4.46. The molecule has 4 heteroatoms. The number of amides is 1. The summed E-state index contributed by atoms with van der Waals surface area (Å²) in [6, 6.07) is 8.12. The number of aromatic nitrogens is 1. The molecule has 106 valence electrons. The summed E-state index contributed by atoms with van der Waals surface area (Å²) >= 11 is 0. The maximum absolute atomic E-state index is 12.1. The van der Waals surface area contributed by atoms with Gasteiger partial charge in [0.1, 0.15) is 0 Å². The highest BCUT2D eigenvalue weighted by Gasteiger charge is 2.31. The molecule has 1 aromatic heterocycles. The fourth-order valence-corrected chi connectivity index (χ4v) is 3.37. The van der Waals surface area contributed by atoms with Crippen LogP contribution in [0.1, 0.15) is 31.2 Å². The lowest BCUT2D eigenvalue weighted by Gasteiger charge is -2.08. The molecule has 0 spiro atoms. The highest BCUT2D eigenvalue weighted by Crippen LogP contribution is 2.31. The summed E-state index contributed by atoms with van der Waals surface area (Å²) in [6.07, 6.45) is 8.67. The van der Waals surface area contributed by atoms with Crippen LogP contribution >= 0.6 is 0 Å². The van der Waals surface area contributed by atoms with Crippen molar-refractivity contribution < 1.29 is 4.79 Å². The molecule has 1 aromatic carbocycles. The quantitative estimate of drug-likeness (QED) is 0.815. The van der Waals surface area contributed by atoms with E-state index in [0.717, 1.165) is 40.6 Å². The van der Waals surface area contributed by atoms with Crippen molar-refractivity contribution in [1.82, 2.24) is 10.4 Å². The molecule has 1 aliphatic heterocycles. The summed E-state index contributed by atoms with van der Waals surface area (Å²) in [5.74, 6) is 0.350. The highest BCUT2D eigenvalue weighted by molar-refractivity contribution is 6.28. The second kappa shape index (κ2) is 4.88. The summed E-state index contributed by atoms with van der Waals surface area (Å²) in [6.45, 7) is 0. The van der Waals surface area contributed by atoms with Crippen molar-refractivity contribution >= 4 is 28.6 Å². The molecule has 1 amide bonds. The van der Waals surface area contributed by atoms with E-state index >= 15 is 0 Å². The van der Waals surface area contributed by atoms with Gasteiger partial charge in [-0.15, -0.1) is 0 Å². The maximum atomic E-state index is 12.1. The number of hydrogen-bond acceptors (Lipinski definition) is 2. The summed E-state index contributed by atoms with van der Waals surface area (Å²) in [7, 11) is 0. The number of H-pyrrole nitrogens is 1. The molecule has 0 saturated heterocycles. The second-order valence-corrected chi connectivity index (χ2v) is 5.77. The predicted octanol–water partition coefficient (Wildman–Crippen LogP) is 3.23. The first-order chi connectivity index (χ1) is 10.3. The number of aromatic amines is 1. The largest absolute Gasteiger partial charge is 0.361 e. The fourth-order valence-electron chi connectivity index (χ4n) is 3.37. The third kappa shape index (κ3) is 2.07. The van der Waals surface area contributed by atoms with Gasteiger partial charge in [0.2, 0.25) is 0 Å². The first-order valence-electron chi connectivity index (χ1n) is 7.49. The molecule has 2 N–H and O–H groups in total. The van der Waals surface area contributed by atoms with Gasteiger partial charge in [-0.05, 0) is 25.0 Å². The van der Waals surface area contributed by atoms with E-state index in [0.29, 0.717) is 5.92 Å². The molecule has 0 unspecified atom stereocenters. The molecule has 2 aromatic rings. The average molecular weight is 279 g/mol. The zero-order chi connectivity index (χ0) is 14.2. The average Bonchev–Trinajstić information content (AvgIpc) is 3.21. The van der Waals surface area contributed by atoms with E-state index in [4.69, 9.17) is 0 Å². The van der Waals surface area contributed by atoms with Crippen molar-refractivity contribution in [3.63, 3.8) is 0 Å². The predicted molar refractivity (Wildman–Crippen MR) is 83.8 cm³/mol. The van der Waals surface area contributed by atoms with E-state index in [1.165, 1.54) is 12.8 Å².